The molecule has 5 rings (SSSR count). The Balaban J connectivity index is 1.30. The van der Waals surface area contributed by atoms with E-state index in [1.165, 1.54) is 4.90 Å². The van der Waals surface area contributed by atoms with E-state index in [2.05, 4.69) is 15.6 Å². The maximum atomic E-state index is 14.0. The maximum absolute atomic E-state index is 14.0. The van der Waals surface area contributed by atoms with Crippen molar-refractivity contribution in [3.05, 3.63) is 72.1 Å². The van der Waals surface area contributed by atoms with Gasteiger partial charge in [0.2, 0.25) is 17.7 Å². The molecular weight excluding hydrogens is 520 g/mol. The molecule has 0 bridgehead atoms. The summed E-state index contributed by atoms with van der Waals surface area (Å²) in [6, 6.07) is 15.0. The molecule has 3 aromatic rings. The van der Waals surface area contributed by atoms with Crippen LogP contribution in [-0.2, 0) is 20.8 Å². The van der Waals surface area contributed by atoms with Crippen LogP contribution in [0, 0.1) is 5.41 Å². The van der Waals surface area contributed by atoms with Gasteiger partial charge < -0.3 is 21.1 Å². The lowest BCUT2D eigenvalue weighted by molar-refractivity contribution is -0.144. The summed E-state index contributed by atoms with van der Waals surface area (Å²) in [5.74, 6) is -1.14. The van der Waals surface area contributed by atoms with E-state index in [0.29, 0.717) is 5.92 Å². The van der Waals surface area contributed by atoms with Gasteiger partial charge in [-0.05, 0) is 34.9 Å². The molecule has 0 spiro atoms. The van der Waals surface area contributed by atoms with Crippen LogP contribution in [0.2, 0.25) is 0 Å². The first kappa shape index (κ1) is 28.5. The van der Waals surface area contributed by atoms with E-state index in [-0.39, 0.29) is 25.3 Å². The first-order valence-corrected chi connectivity index (χ1v) is 14.2. The number of rotatable bonds is 9. The molecule has 2 aliphatic rings. The Labute approximate surface area is 239 Å². The Hall–Kier alpha value is -4.05. The van der Waals surface area contributed by atoms with E-state index < -0.39 is 41.5 Å². The lowest BCUT2D eigenvalue weighted by atomic mass is 9.85. The number of β-amino-alcohol motifs (C(OH)–C–C–N with tert-alkyl or cyclic N) is 1. The molecule has 4 N–H and O–H groups in total. The van der Waals surface area contributed by atoms with Crippen LogP contribution in [0.4, 0.5) is 0 Å². The minimum Gasteiger partial charge on any atom is -0.391 e. The highest BCUT2D eigenvalue weighted by Crippen LogP contribution is 2.40. The van der Waals surface area contributed by atoms with E-state index in [1.54, 1.807) is 4.68 Å². The lowest BCUT2D eigenvalue weighted by Crippen LogP contribution is -2.54. The fraction of sp³-hybridized carbons (Fsp3) is 0.452. The number of aliphatic hydroxyl groups is 1. The summed E-state index contributed by atoms with van der Waals surface area (Å²) in [4.78, 5) is 41.2. The average Bonchev–Trinajstić information content (AvgIpc) is 3.54. The fourth-order valence-corrected chi connectivity index (χ4v) is 5.52. The van der Waals surface area contributed by atoms with Gasteiger partial charge >= 0.3 is 0 Å². The zero-order valence-corrected chi connectivity index (χ0v) is 23.7. The number of carbonyl (C=O) groups excluding carboxylic acids is 3. The van der Waals surface area contributed by atoms with Gasteiger partial charge in [0, 0.05) is 31.5 Å². The smallest absolute Gasteiger partial charge is 0.248 e. The van der Waals surface area contributed by atoms with E-state index in [1.807, 2.05) is 81.6 Å². The number of nitrogens with one attached hydrogen (secondary N) is 1. The highest BCUT2D eigenvalue weighted by molar-refractivity contribution is 5.93. The number of aliphatic hydroxyl groups excluding tert-OH is 1. The standard InChI is InChI=1S/C31H38N6O4/c1-31(2,3)27(37-18-25(34-35-37)22-13-14-22)30(41)36-17-23(38)16-26(36)29(40)33-24(28(32)39)15-19-9-11-21(12-10-19)20-7-5-4-6-8-20/h4-12,18,22-24,26-27,38H,13-17H2,1-3H3,(H2,32,39)(H,33,40). The third kappa shape index (κ3) is 6.48. The van der Waals surface area contributed by atoms with Crippen LogP contribution in [0.15, 0.2) is 60.8 Å². The van der Waals surface area contributed by atoms with E-state index in [9.17, 15) is 19.5 Å². The van der Waals surface area contributed by atoms with Gasteiger partial charge in [-0.2, -0.15) is 0 Å². The number of hydrogen-bond acceptors (Lipinski definition) is 6. The van der Waals surface area contributed by atoms with Gasteiger partial charge in [0.05, 0.1) is 11.8 Å². The van der Waals surface area contributed by atoms with Gasteiger partial charge in [0.25, 0.3) is 0 Å². The number of amides is 3. The second-order valence-corrected chi connectivity index (χ2v) is 12.3. The van der Waals surface area contributed by atoms with Crippen LogP contribution in [0.1, 0.15) is 63.3 Å². The van der Waals surface area contributed by atoms with Gasteiger partial charge in [-0.25, -0.2) is 4.68 Å². The second-order valence-electron chi connectivity index (χ2n) is 12.3. The summed E-state index contributed by atoms with van der Waals surface area (Å²) in [7, 11) is 0. The van der Waals surface area contributed by atoms with Gasteiger partial charge in [-0.15, -0.1) is 5.10 Å². The molecule has 2 fully saturated rings. The van der Waals surface area contributed by atoms with Gasteiger partial charge in [0.15, 0.2) is 0 Å². The van der Waals surface area contributed by atoms with Crippen molar-refractivity contribution in [1.82, 2.24) is 25.2 Å². The molecule has 1 aliphatic carbocycles. The highest BCUT2D eigenvalue weighted by Gasteiger charge is 2.46. The first-order valence-electron chi connectivity index (χ1n) is 14.2. The normalized spacial score (nSPS) is 20.4. The molecule has 3 amide bonds. The Morgan fingerprint density at radius 1 is 1.05 bits per heavy atom. The molecule has 216 valence electrons. The summed E-state index contributed by atoms with van der Waals surface area (Å²) < 4.78 is 1.58. The number of benzene rings is 2. The molecule has 10 heteroatoms. The largest absolute Gasteiger partial charge is 0.391 e. The SMILES string of the molecule is CC(C)(C)C(C(=O)N1CC(O)CC1C(=O)NC(Cc1ccc(-c2ccccc2)cc1)C(N)=O)n1cc(C2CC2)nn1. The summed E-state index contributed by atoms with van der Waals surface area (Å²) in [6.45, 7) is 5.81. The Kier molecular flexibility index (Phi) is 7.95. The van der Waals surface area contributed by atoms with Crippen LogP contribution in [-0.4, -0.2) is 67.5 Å². The summed E-state index contributed by atoms with van der Waals surface area (Å²) in [6.07, 6.45) is 3.34. The molecular formula is C31H38N6O4. The number of carbonyl (C=O) groups is 3. The molecule has 10 nitrogen and oxygen atoms in total. The van der Waals surface area contributed by atoms with Crippen molar-refractivity contribution in [1.29, 1.82) is 0 Å². The molecule has 1 aromatic heterocycles. The van der Waals surface area contributed by atoms with Crippen LogP contribution < -0.4 is 11.1 Å². The lowest BCUT2D eigenvalue weighted by Gasteiger charge is -2.34. The van der Waals surface area contributed by atoms with Crippen molar-refractivity contribution < 1.29 is 19.5 Å². The minimum atomic E-state index is -0.977. The summed E-state index contributed by atoms with van der Waals surface area (Å²) >= 11 is 0. The average molecular weight is 559 g/mol. The summed E-state index contributed by atoms with van der Waals surface area (Å²) in [5.41, 5.74) is 8.95. The molecule has 1 saturated heterocycles. The molecule has 41 heavy (non-hydrogen) atoms. The first-order chi connectivity index (χ1) is 19.5. The van der Waals surface area contributed by atoms with Crippen LogP contribution in [0.25, 0.3) is 11.1 Å². The Bertz CT molecular complexity index is 1390. The predicted octanol–water partition coefficient (Wildman–Crippen LogP) is 2.58. The van der Waals surface area contributed by atoms with Crippen LogP contribution in [0.5, 0.6) is 0 Å². The number of nitrogens with two attached hydrogens (primary N) is 1. The summed E-state index contributed by atoms with van der Waals surface area (Å²) in [5, 5.41) is 21.8. The quantitative estimate of drug-likeness (QED) is 0.368. The molecule has 0 radical (unpaired) electrons. The molecule has 2 heterocycles. The second kappa shape index (κ2) is 11.4. The van der Waals surface area contributed by atoms with Crippen molar-refractivity contribution in [3.63, 3.8) is 0 Å². The number of nitrogens with zero attached hydrogens (tertiary/aromatic N) is 4. The predicted molar refractivity (Wildman–Crippen MR) is 153 cm³/mol. The van der Waals surface area contributed by atoms with Crippen molar-refractivity contribution in [2.75, 3.05) is 6.54 Å². The Morgan fingerprint density at radius 2 is 1.71 bits per heavy atom. The van der Waals surface area contributed by atoms with Gasteiger partial charge in [0.1, 0.15) is 18.1 Å². The molecule has 1 saturated carbocycles. The van der Waals surface area contributed by atoms with Crippen molar-refractivity contribution >= 4 is 17.7 Å². The zero-order chi connectivity index (χ0) is 29.3. The van der Waals surface area contributed by atoms with E-state index in [0.717, 1.165) is 35.2 Å². The Morgan fingerprint density at radius 3 is 2.32 bits per heavy atom. The van der Waals surface area contributed by atoms with Crippen molar-refractivity contribution in [2.45, 2.75) is 76.6 Å². The van der Waals surface area contributed by atoms with E-state index in [4.69, 9.17) is 5.73 Å². The fourth-order valence-electron chi connectivity index (χ4n) is 5.52. The molecule has 4 atom stereocenters. The number of aromatic nitrogens is 3. The van der Waals surface area contributed by atoms with E-state index >= 15 is 0 Å². The monoisotopic (exact) mass is 558 g/mol. The third-order valence-electron chi connectivity index (χ3n) is 7.87. The number of primary amides is 1. The third-order valence-corrected chi connectivity index (χ3v) is 7.87. The van der Waals surface area contributed by atoms with Crippen molar-refractivity contribution in [3.8, 4) is 11.1 Å². The number of likely N-dealkylation sites (tertiary alicyclic amines) is 1. The number of hydrogen-bond donors (Lipinski definition) is 3. The zero-order valence-electron chi connectivity index (χ0n) is 23.7. The van der Waals surface area contributed by atoms with Crippen LogP contribution >= 0.6 is 0 Å². The van der Waals surface area contributed by atoms with Gasteiger partial charge in [-0.3, -0.25) is 14.4 Å². The maximum Gasteiger partial charge on any atom is 0.248 e. The molecule has 1 aliphatic heterocycles. The topological polar surface area (TPSA) is 143 Å². The minimum absolute atomic E-state index is 0.00979. The van der Waals surface area contributed by atoms with Crippen LogP contribution in [0.3, 0.4) is 0 Å². The molecule has 2 aromatic carbocycles. The molecule has 4 unspecified atom stereocenters. The highest BCUT2D eigenvalue weighted by atomic mass is 16.3. The van der Waals surface area contributed by atoms with Crippen molar-refractivity contribution in [2.24, 2.45) is 11.1 Å². The van der Waals surface area contributed by atoms with Gasteiger partial charge in [-0.1, -0.05) is 80.6 Å².